The van der Waals surface area contributed by atoms with Crippen LogP contribution in [0.25, 0.3) is 0 Å². The van der Waals surface area contributed by atoms with Gasteiger partial charge in [-0.15, -0.1) is 12.8 Å². The second-order valence-electron chi connectivity index (χ2n) is 8.35. The number of benzene rings is 4. The summed E-state index contributed by atoms with van der Waals surface area (Å²) in [6.45, 7) is 0. The molecule has 39 heavy (non-hydrogen) atoms. The molecule has 2 nitrogen and oxygen atoms in total. The highest BCUT2D eigenvalue weighted by atomic mass is 19.4. The standard InChI is InChI=1S/C31H18F6O2/c1-3-21-9-5-13-25(17-21)38-27-15-7-11-23(19-27)29(30(32,33)34,31(35,36)37)24-12-8-16-28(20-24)39-26-14-6-10-22(4-2)18-26/h1-2,5-20H. The summed E-state index contributed by atoms with van der Waals surface area (Å²) in [4.78, 5) is 0. The molecule has 196 valence electrons. The summed E-state index contributed by atoms with van der Waals surface area (Å²) in [5.41, 5.74) is -5.72. The molecular formula is C31H18F6O2. The summed E-state index contributed by atoms with van der Waals surface area (Å²) in [6, 6.07) is 19.7. The molecule has 0 amide bonds. The third-order valence-corrected chi connectivity index (χ3v) is 5.86. The van der Waals surface area contributed by atoms with Gasteiger partial charge in [0, 0.05) is 11.1 Å². The molecule has 0 atom stereocenters. The van der Waals surface area contributed by atoms with Crippen LogP contribution in [0.2, 0.25) is 0 Å². The van der Waals surface area contributed by atoms with Gasteiger partial charge < -0.3 is 9.47 Å². The van der Waals surface area contributed by atoms with Gasteiger partial charge in [-0.25, -0.2) is 0 Å². The van der Waals surface area contributed by atoms with Crippen LogP contribution in [-0.4, -0.2) is 12.4 Å². The van der Waals surface area contributed by atoms with Gasteiger partial charge >= 0.3 is 12.4 Å². The Labute approximate surface area is 220 Å². The van der Waals surface area contributed by atoms with Crippen LogP contribution < -0.4 is 9.47 Å². The fraction of sp³-hybridized carbons (Fsp3) is 0.0968. The quantitative estimate of drug-likeness (QED) is 0.181. The van der Waals surface area contributed by atoms with Crippen LogP contribution in [0.4, 0.5) is 26.3 Å². The molecule has 0 bridgehead atoms. The van der Waals surface area contributed by atoms with Crippen molar-refractivity contribution < 1.29 is 35.8 Å². The second kappa shape index (κ2) is 10.5. The summed E-state index contributed by atoms with van der Waals surface area (Å²) in [7, 11) is 0. The van der Waals surface area contributed by atoms with E-state index in [4.69, 9.17) is 22.3 Å². The highest BCUT2D eigenvalue weighted by Crippen LogP contribution is 2.57. The van der Waals surface area contributed by atoms with Crippen molar-refractivity contribution >= 4 is 0 Å². The Bertz CT molecular complexity index is 1450. The fourth-order valence-electron chi connectivity index (χ4n) is 4.14. The van der Waals surface area contributed by atoms with E-state index in [1.54, 1.807) is 24.3 Å². The minimum atomic E-state index is -5.80. The van der Waals surface area contributed by atoms with Crippen LogP contribution in [0.15, 0.2) is 97.1 Å². The summed E-state index contributed by atoms with van der Waals surface area (Å²) < 4.78 is 99.4. The maximum absolute atomic E-state index is 14.7. The van der Waals surface area contributed by atoms with Crippen molar-refractivity contribution in [3.05, 3.63) is 119 Å². The van der Waals surface area contributed by atoms with Crippen molar-refractivity contribution in [2.24, 2.45) is 0 Å². The van der Waals surface area contributed by atoms with E-state index in [0.29, 0.717) is 23.3 Å². The van der Waals surface area contributed by atoms with Crippen LogP contribution in [0.5, 0.6) is 23.0 Å². The van der Waals surface area contributed by atoms with E-state index in [1.807, 2.05) is 0 Å². The normalized spacial score (nSPS) is 11.8. The van der Waals surface area contributed by atoms with E-state index in [1.165, 1.54) is 36.4 Å². The molecule has 0 aromatic heterocycles. The molecule has 0 heterocycles. The SMILES string of the molecule is C#Cc1cccc(Oc2cccc(C(c3cccc(Oc4cccc(C#C)c4)c3)(C(F)(F)F)C(F)(F)F)c2)c1. The Hall–Kier alpha value is -4.82. The molecule has 0 saturated carbocycles. The van der Waals surface area contributed by atoms with E-state index in [-0.39, 0.29) is 23.0 Å². The Morgan fingerprint density at radius 2 is 0.821 bits per heavy atom. The van der Waals surface area contributed by atoms with Crippen molar-refractivity contribution in [3.63, 3.8) is 0 Å². The average Bonchev–Trinajstić information content (AvgIpc) is 2.88. The molecule has 0 N–H and O–H groups in total. The highest BCUT2D eigenvalue weighted by molar-refractivity contribution is 5.50. The molecule has 0 aliphatic rings. The van der Waals surface area contributed by atoms with Crippen molar-refractivity contribution in [2.75, 3.05) is 0 Å². The average molecular weight is 536 g/mol. The van der Waals surface area contributed by atoms with Crippen LogP contribution in [0, 0.1) is 24.7 Å². The lowest BCUT2D eigenvalue weighted by Crippen LogP contribution is -2.54. The molecule has 0 radical (unpaired) electrons. The third-order valence-electron chi connectivity index (χ3n) is 5.86. The smallest absolute Gasteiger partial charge is 0.411 e. The predicted molar refractivity (Wildman–Crippen MR) is 135 cm³/mol. The Kier molecular flexibility index (Phi) is 7.34. The number of rotatable bonds is 6. The van der Waals surface area contributed by atoms with Crippen molar-refractivity contribution in [1.82, 2.24) is 0 Å². The Morgan fingerprint density at radius 1 is 0.487 bits per heavy atom. The maximum Gasteiger partial charge on any atom is 0.411 e. The molecular weight excluding hydrogens is 518 g/mol. The van der Waals surface area contributed by atoms with Crippen molar-refractivity contribution in [2.45, 2.75) is 17.8 Å². The van der Waals surface area contributed by atoms with Gasteiger partial charge in [-0.05, 0) is 71.8 Å². The minimum absolute atomic E-state index is 0.150. The first-order chi connectivity index (χ1) is 18.5. The topological polar surface area (TPSA) is 18.5 Å². The van der Waals surface area contributed by atoms with Gasteiger partial charge in [0.25, 0.3) is 0 Å². The van der Waals surface area contributed by atoms with Gasteiger partial charge in [0.05, 0.1) is 0 Å². The molecule has 4 aromatic rings. The number of ether oxygens (including phenoxy) is 2. The molecule has 4 rings (SSSR count). The zero-order chi connectivity index (χ0) is 28.3. The van der Waals surface area contributed by atoms with Crippen LogP contribution in [-0.2, 0) is 5.41 Å². The largest absolute Gasteiger partial charge is 0.457 e. The Morgan fingerprint density at radius 3 is 1.15 bits per heavy atom. The lowest BCUT2D eigenvalue weighted by atomic mass is 9.73. The van der Waals surface area contributed by atoms with Crippen LogP contribution >= 0.6 is 0 Å². The molecule has 0 aliphatic heterocycles. The lowest BCUT2D eigenvalue weighted by molar-refractivity contribution is -0.288. The van der Waals surface area contributed by atoms with Crippen molar-refractivity contribution in [3.8, 4) is 47.7 Å². The van der Waals surface area contributed by atoms with Crippen LogP contribution in [0.3, 0.4) is 0 Å². The van der Waals surface area contributed by atoms with Crippen molar-refractivity contribution in [1.29, 1.82) is 0 Å². The summed E-state index contributed by atoms with van der Waals surface area (Å²) in [5.74, 6) is 4.58. The van der Waals surface area contributed by atoms with E-state index in [9.17, 15) is 26.3 Å². The fourth-order valence-corrected chi connectivity index (χ4v) is 4.14. The predicted octanol–water partition coefficient (Wildman–Crippen LogP) is 8.64. The number of halogens is 6. The number of hydrogen-bond donors (Lipinski definition) is 0. The lowest BCUT2D eigenvalue weighted by Gasteiger charge is -2.38. The monoisotopic (exact) mass is 536 g/mol. The number of hydrogen-bond acceptors (Lipinski definition) is 2. The molecule has 0 aliphatic carbocycles. The van der Waals surface area contributed by atoms with Gasteiger partial charge in [0.1, 0.15) is 23.0 Å². The minimum Gasteiger partial charge on any atom is -0.457 e. The summed E-state index contributed by atoms with van der Waals surface area (Å²) >= 11 is 0. The second-order valence-corrected chi connectivity index (χ2v) is 8.35. The molecule has 8 heteroatoms. The van der Waals surface area contributed by atoms with Gasteiger partial charge in [-0.1, -0.05) is 48.2 Å². The molecule has 0 spiro atoms. The zero-order valence-corrected chi connectivity index (χ0v) is 20.0. The zero-order valence-electron chi connectivity index (χ0n) is 20.0. The first kappa shape index (κ1) is 27.2. The van der Waals surface area contributed by atoms with Gasteiger partial charge in [-0.3, -0.25) is 0 Å². The summed E-state index contributed by atoms with van der Waals surface area (Å²) in [6.07, 6.45) is -0.884. The molecule has 4 aromatic carbocycles. The van der Waals surface area contributed by atoms with E-state index in [2.05, 4.69) is 11.8 Å². The first-order valence-corrected chi connectivity index (χ1v) is 11.3. The highest BCUT2D eigenvalue weighted by Gasteiger charge is 2.72. The van der Waals surface area contributed by atoms with Crippen LogP contribution in [0.1, 0.15) is 22.3 Å². The van der Waals surface area contributed by atoms with Gasteiger partial charge in [0.2, 0.25) is 5.41 Å². The maximum atomic E-state index is 14.7. The first-order valence-electron chi connectivity index (χ1n) is 11.3. The summed E-state index contributed by atoms with van der Waals surface area (Å²) in [5, 5.41) is 0. The molecule has 0 saturated heterocycles. The van der Waals surface area contributed by atoms with Gasteiger partial charge in [-0.2, -0.15) is 26.3 Å². The Balaban J connectivity index is 1.84. The van der Waals surface area contributed by atoms with E-state index >= 15 is 0 Å². The molecule has 0 unspecified atom stereocenters. The van der Waals surface area contributed by atoms with Gasteiger partial charge in [0.15, 0.2) is 0 Å². The number of terminal acetylenes is 2. The van der Waals surface area contributed by atoms with E-state index < -0.39 is 28.9 Å². The number of alkyl halides is 6. The third kappa shape index (κ3) is 5.42. The van der Waals surface area contributed by atoms with E-state index in [0.717, 1.165) is 24.3 Å². The molecule has 0 fully saturated rings.